The summed E-state index contributed by atoms with van der Waals surface area (Å²) in [7, 11) is 1.48. The fourth-order valence-corrected chi connectivity index (χ4v) is 3.54. The summed E-state index contributed by atoms with van der Waals surface area (Å²) in [5, 5.41) is 3.40. The van der Waals surface area contributed by atoms with E-state index in [-0.39, 0.29) is 22.3 Å². The van der Waals surface area contributed by atoms with Gasteiger partial charge in [-0.05, 0) is 12.1 Å². The molecule has 21 heavy (non-hydrogen) atoms. The molecule has 2 atom stereocenters. The van der Waals surface area contributed by atoms with E-state index >= 15 is 0 Å². The molecule has 1 N–H and O–H groups in total. The quantitative estimate of drug-likeness (QED) is 0.905. The van der Waals surface area contributed by atoms with E-state index in [1.807, 2.05) is 0 Å². The molecule has 0 aliphatic carbocycles. The number of ether oxygens (including phenoxy) is 1. The molecule has 2 heterocycles. The van der Waals surface area contributed by atoms with E-state index in [4.69, 9.17) is 4.74 Å². The topological polar surface area (TPSA) is 41.6 Å². The third-order valence-corrected chi connectivity index (χ3v) is 5.26. The number of amides is 1. The lowest BCUT2D eigenvalue weighted by Gasteiger charge is -2.30. The number of likely N-dealkylation sites (tertiary alicyclic amines) is 1. The molecule has 0 unspecified atom stereocenters. The second-order valence-corrected chi connectivity index (χ2v) is 6.73. The number of nitrogens with zero attached hydrogens (tertiary/aromatic N) is 1. The third kappa shape index (κ3) is 2.11. The molecule has 0 bridgehead atoms. The van der Waals surface area contributed by atoms with Gasteiger partial charge >= 0.3 is 0 Å². The van der Waals surface area contributed by atoms with Gasteiger partial charge in [-0.1, -0.05) is 13.8 Å². The number of hydrogen-bond donors (Lipinski definition) is 1. The van der Waals surface area contributed by atoms with Crippen molar-refractivity contribution in [2.75, 3.05) is 33.3 Å². The van der Waals surface area contributed by atoms with E-state index in [1.165, 1.54) is 19.2 Å². The summed E-state index contributed by atoms with van der Waals surface area (Å²) in [5.74, 6) is -0.331. The molecule has 1 amide bonds. The first-order valence-electron chi connectivity index (χ1n) is 7.22. The fraction of sp³-hybridized carbons (Fsp3) is 0.562. The normalized spacial score (nSPS) is 31.3. The molecule has 2 aliphatic rings. The van der Waals surface area contributed by atoms with Crippen LogP contribution in [0.4, 0.5) is 4.39 Å². The SMILES string of the molecule is COc1ccc(C(=O)N2C[C@]3(C)CNC[C@]3(C)C2)c(F)c1. The zero-order valence-corrected chi connectivity index (χ0v) is 12.7. The monoisotopic (exact) mass is 292 g/mol. The van der Waals surface area contributed by atoms with Gasteiger partial charge in [-0.25, -0.2) is 4.39 Å². The van der Waals surface area contributed by atoms with Crippen molar-refractivity contribution in [2.24, 2.45) is 10.8 Å². The average Bonchev–Trinajstić information content (AvgIpc) is 2.85. The van der Waals surface area contributed by atoms with Crippen LogP contribution in [0.1, 0.15) is 24.2 Å². The lowest BCUT2D eigenvalue weighted by molar-refractivity contribution is 0.0765. The van der Waals surface area contributed by atoms with Gasteiger partial charge in [0.2, 0.25) is 0 Å². The predicted octanol–water partition coefficient (Wildman–Crippen LogP) is 1.91. The van der Waals surface area contributed by atoms with E-state index in [1.54, 1.807) is 11.0 Å². The van der Waals surface area contributed by atoms with Crippen LogP contribution in [0.3, 0.4) is 0 Å². The highest BCUT2D eigenvalue weighted by Gasteiger charge is 2.55. The lowest BCUT2D eigenvalue weighted by Crippen LogP contribution is -2.34. The van der Waals surface area contributed by atoms with Crippen LogP contribution in [0, 0.1) is 16.6 Å². The Balaban J connectivity index is 1.84. The number of hydrogen-bond acceptors (Lipinski definition) is 3. The Morgan fingerprint density at radius 2 is 1.90 bits per heavy atom. The van der Waals surface area contributed by atoms with Crippen molar-refractivity contribution >= 4 is 5.91 Å². The Morgan fingerprint density at radius 1 is 1.29 bits per heavy atom. The molecule has 4 nitrogen and oxygen atoms in total. The standard InChI is InChI=1S/C16H21FN2O2/c1-15-7-18-8-16(15,2)10-19(9-15)14(20)12-5-4-11(21-3)6-13(12)17/h4-6,18H,7-10H2,1-3H3/t15-,16+. The second-order valence-electron chi connectivity index (χ2n) is 6.73. The van der Waals surface area contributed by atoms with Crippen LogP contribution in [0.25, 0.3) is 0 Å². The van der Waals surface area contributed by atoms with Crippen molar-refractivity contribution < 1.29 is 13.9 Å². The lowest BCUT2D eigenvalue weighted by atomic mass is 9.71. The molecule has 5 heteroatoms. The van der Waals surface area contributed by atoms with Gasteiger partial charge in [-0.3, -0.25) is 4.79 Å². The van der Waals surface area contributed by atoms with Gasteiger partial charge in [0.25, 0.3) is 5.91 Å². The van der Waals surface area contributed by atoms with Gasteiger partial charge in [0.15, 0.2) is 0 Å². The minimum Gasteiger partial charge on any atom is -0.497 e. The third-order valence-electron chi connectivity index (χ3n) is 5.26. The summed E-state index contributed by atoms with van der Waals surface area (Å²) < 4.78 is 19.1. The number of benzene rings is 1. The van der Waals surface area contributed by atoms with E-state index in [0.717, 1.165) is 13.1 Å². The molecule has 1 aromatic carbocycles. The Kier molecular flexibility index (Phi) is 3.20. The van der Waals surface area contributed by atoms with E-state index in [9.17, 15) is 9.18 Å². The maximum absolute atomic E-state index is 14.1. The van der Waals surface area contributed by atoms with Gasteiger partial charge < -0.3 is 15.0 Å². The Morgan fingerprint density at radius 3 is 2.43 bits per heavy atom. The molecule has 0 spiro atoms. The smallest absolute Gasteiger partial charge is 0.256 e. The van der Waals surface area contributed by atoms with Gasteiger partial charge in [0, 0.05) is 43.1 Å². The first-order valence-corrected chi connectivity index (χ1v) is 7.22. The van der Waals surface area contributed by atoms with E-state index in [2.05, 4.69) is 19.2 Å². The summed E-state index contributed by atoms with van der Waals surface area (Å²) in [5.41, 5.74) is 0.243. The first kappa shape index (κ1) is 14.3. The molecule has 2 aliphatic heterocycles. The number of halogens is 1. The van der Waals surface area contributed by atoms with E-state index < -0.39 is 5.82 Å². The average molecular weight is 292 g/mol. The summed E-state index contributed by atoms with van der Waals surface area (Å²) in [4.78, 5) is 14.4. The van der Waals surface area contributed by atoms with Crippen LogP contribution in [-0.4, -0.2) is 44.1 Å². The second kappa shape index (κ2) is 4.70. The molecule has 0 radical (unpaired) electrons. The summed E-state index contributed by atoms with van der Waals surface area (Å²) in [6, 6.07) is 4.39. The van der Waals surface area contributed by atoms with Crippen LogP contribution < -0.4 is 10.1 Å². The maximum atomic E-state index is 14.1. The molecule has 2 saturated heterocycles. The zero-order valence-electron chi connectivity index (χ0n) is 12.7. The fourth-order valence-electron chi connectivity index (χ4n) is 3.54. The highest BCUT2D eigenvalue weighted by Crippen LogP contribution is 2.48. The van der Waals surface area contributed by atoms with Gasteiger partial charge in [0.1, 0.15) is 11.6 Å². The van der Waals surface area contributed by atoms with Crippen LogP contribution in [0.5, 0.6) is 5.75 Å². The molecule has 3 rings (SSSR count). The Hall–Kier alpha value is -1.62. The number of carbonyl (C=O) groups excluding carboxylic acids is 1. The number of nitrogens with one attached hydrogen (secondary N) is 1. The van der Waals surface area contributed by atoms with Gasteiger partial charge in [-0.15, -0.1) is 0 Å². The van der Waals surface area contributed by atoms with Crippen LogP contribution in [0.15, 0.2) is 18.2 Å². The van der Waals surface area contributed by atoms with E-state index in [0.29, 0.717) is 18.8 Å². The molecule has 114 valence electrons. The van der Waals surface area contributed by atoms with Gasteiger partial charge in [0.05, 0.1) is 12.7 Å². The summed E-state index contributed by atoms with van der Waals surface area (Å²) in [6.07, 6.45) is 0. The van der Waals surface area contributed by atoms with Crippen molar-refractivity contribution in [3.8, 4) is 5.75 Å². The van der Waals surface area contributed by atoms with Gasteiger partial charge in [-0.2, -0.15) is 0 Å². The Labute approximate surface area is 124 Å². The number of rotatable bonds is 2. The van der Waals surface area contributed by atoms with Crippen molar-refractivity contribution in [1.82, 2.24) is 10.2 Å². The number of fused-ring (bicyclic) bond motifs is 1. The highest BCUT2D eigenvalue weighted by molar-refractivity contribution is 5.95. The van der Waals surface area contributed by atoms with Crippen LogP contribution in [-0.2, 0) is 0 Å². The molecular formula is C16H21FN2O2. The molecule has 0 aromatic heterocycles. The largest absolute Gasteiger partial charge is 0.497 e. The maximum Gasteiger partial charge on any atom is 0.256 e. The van der Waals surface area contributed by atoms with Crippen LogP contribution in [0.2, 0.25) is 0 Å². The molecule has 1 aromatic rings. The molecule has 2 fully saturated rings. The van der Waals surface area contributed by atoms with Crippen molar-refractivity contribution in [3.05, 3.63) is 29.6 Å². The van der Waals surface area contributed by atoms with Crippen molar-refractivity contribution in [1.29, 1.82) is 0 Å². The van der Waals surface area contributed by atoms with Crippen molar-refractivity contribution in [2.45, 2.75) is 13.8 Å². The summed E-state index contributed by atoms with van der Waals surface area (Å²) in [6.45, 7) is 7.54. The number of carbonyl (C=O) groups is 1. The highest BCUT2D eigenvalue weighted by atomic mass is 19.1. The van der Waals surface area contributed by atoms with Crippen LogP contribution >= 0.6 is 0 Å². The zero-order chi connectivity index (χ0) is 15.3. The minimum atomic E-state index is -0.523. The molecular weight excluding hydrogens is 271 g/mol. The summed E-state index contributed by atoms with van der Waals surface area (Å²) >= 11 is 0. The first-order chi connectivity index (χ1) is 9.88. The predicted molar refractivity (Wildman–Crippen MR) is 77.9 cm³/mol. The van der Waals surface area contributed by atoms with Crippen molar-refractivity contribution in [3.63, 3.8) is 0 Å². The minimum absolute atomic E-state index is 0.0611. The Bertz CT molecular complexity index is 574. The number of methoxy groups -OCH3 is 1. The molecule has 0 saturated carbocycles.